The molecule has 3 fully saturated rings. The minimum Gasteiger partial charge on any atom is -0.394 e. The van der Waals surface area contributed by atoms with Crippen LogP contribution in [0.1, 0.15) is 26.7 Å². The molecule has 2 bridgehead atoms. The number of nitrogens with one attached hydrogen (secondary N) is 2. The molecule has 4 heterocycles. The zero-order chi connectivity index (χ0) is 25.8. The molecule has 3 aliphatic heterocycles. The van der Waals surface area contributed by atoms with Crippen LogP contribution in [0.3, 0.4) is 0 Å². The van der Waals surface area contributed by atoms with E-state index in [1.807, 2.05) is 38.1 Å². The molecule has 1 aromatic heterocycles. The average molecular weight is 580 g/mol. The van der Waals surface area contributed by atoms with Crippen molar-refractivity contribution >= 4 is 56.4 Å². The maximum Gasteiger partial charge on any atom is 0.245 e. The molecule has 3 N–H and O–H groups in total. The fraction of sp³-hybridized carbons (Fsp3) is 0.625. The summed E-state index contributed by atoms with van der Waals surface area (Å²) in [7, 11) is 1.58. The predicted octanol–water partition coefficient (Wildman–Crippen LogP) is 1.12. The summed E-state index contributed by atoms with van der Waals surface area (Å²) < 4.78 is 0.854. The van der Waals surface area contributed by atoms with Crippen LogP contribution >= 0.6 is 27.7 Å². The Morgan fingerprint density at radius 1 is 1.31 bits per heavy atom. The van der Waals surface area contributed by atoms with Crippen molar-refractivity contribution in [1.82, 2.24) is 30.5 Å². The van der Waals surface area contributed by atoms with E-state index in [-0.39, 0.29) is 47.0 Å². The number of hydrogen-bond donors (Lipinski definition) is 3. The van der Waals surface area contributed by atoms with Crippen LogP contribution in [0.5, 0.6) is 0 Å². The maximum absolute atomic E-state index is 14.0. The number of fused-ring (bicyclic) bond motifs is 2. The first-order chi connectivity index (χ1) is 17.2. The zero-order valence-corrected chi connectivity index (χ0v) is 22.8. The van der Waals surface area contributed by atoms with E-state index in [4.69, 9.17) is 0 Å². The molecule has 0 aliphatic carbocycles. The minimum atomic E-state index is -0.814. The highest BCUT2D eigenvalue weighted by atomic mass is 79.9. The fourth-order valence-corrected chi connectivity index (χ4v) is 9.93. The van der Waals surface area contributed by atoms with E-state index in [1.54, 1.807) is 28.4 Å². The topological polar surface area (TPSA) is 129 Å². The third-order valence-electron chi connectivity index (χ3n) is 7.70. The number of carbonyl (C=O) groups excluding carboxylic acids is 3. The molecule has 10 nitrogen and oxygen atoms in total. The van der Waals surface area contributed by atoms with Crippen molar-refractivity contribution in [2.24, 2.45) is 17.8 Å². The van der Waals surface area contributed by atoms with Crippen LogP contribution in [0.15, 0.2) is 24.3 Å². The molecular formula is C24H31BrN6O4S. The highest BCUT2D eigenvalue weighted by molar-refractivity contribution is 9.09. The summed E-state index contributed by atoms with van der Waals surface area (Å²) in [5.74, 6) is -1.66. The Morgan fingerprint density at radius 2 is 2.06 bits per heavy atom. The molecule has 194 valence electrons. The quantitative estimate of drug-likeness (QED) is 0.400. The lowest BCUT2D eigenvalue weighted by Gasteiger charge is -2.37. The molecule has 3 aliphatic rings. The van der Waals surface area contributed by atoms with Gasteiger partial charge >= 0.3 is 0 Å². The number of hydrogen-bond acceptors (Lipinski definition) is 7. The lowest BCUT2D eigenvalue weighted by molar-refractivity contribution is -0.143. The van der Waals surface area contributed by atoms with Gasteiger partial charge in [0.15, 0.2) is 0 Å². The predicted molar refractivity (Wildman–Crippen MR) is 139 cm³/mol. The molecule has 5 rings (SSSR count). The lowest BCUT2D eigenvalue weighted by Crippen LogP contribution is -2.57. The first-order valence-corrected chi connectivity index (χ1v) is 14.1. The van der Waals surface area contributed by atoms with Crippen LogP contribution in [0, 0.1) is 17.8 Å². The molecule has 12 heteroatoms. The van der Waals surface area contributed by atoms with Crippen LogP contribution < -0.4 is 10.6 Å². The van der Waals surface area contributed by atoms with Crippen molar-refractivity contribution in [1.29, 1.82) is 0 Å². The smallest absolute Gasteiger partial charge is 0.245 e. The lowest BCUT2D eigenvalue weighted by atomic mass is 9.70. The standard InChI is InChI=1S/C24H31BrN6O4S/c1-12(2)8-13(10-32)31-20(22(34)27-11-30-16-7-5-4-6-15(16)28-29-30)24-9-14(25)19(36-24)17(21(33)26-3)18(24)23(31)35/h4-7,12-14,17-20,32H,8-11H2,1-3H3,(H,26,33)(H,27,34)/t13-,14?,17+,18+,19+,20?,24?/m1/s1. The van der Waals surface area contributed by atoms with E-state index in [0.717, 1.165) is 11.0 Å². The van der Waals surface area contributed by atoms with Gasteiger partial charge in [-0.1, -0.05) is 47.1 Å². The van der Waals surface area contributed by atoms with Crippen LogP contribution in [0.2, 0.25) is 0 Å². The van der Waals surface area contributed by atoms with Crippen LogP contribution in [-0.4, -0.2) is 83.3 Å². The molecular weight excluding hydrogens is 548 g/mol. The van der Waals surface area contributed by atoms with Crippen molar-refractivity contribution in [3.8, 4) is 0 Å². The molecule has 1 spiro atoms. The Hall–Kier alpha value is -2.18. The summed E-state index contributed by atoms with van der Waals surface area (Å²) in [4.78, 5) is 42.5. The summed E-state index contributed by atoms with van der Waals surface area (Å²) in [6.07, 6.45) is 1.14. The van der Waals surface area contributed by atoms with Gasteiger partial charge in [0.1, 0.15) is 18.2 Å². The summed E-state index contributed by atoms with van der Waals surface area (Å²) in [5, 5.41) is 24.2. The van der Waals surface area contributed by atoms with Gasteiger partial charge in [-0.05, 0) is 30.9 Å². The van der Waals surface area contributed by atoms with E-state index in [1.165, 1.54) is 0 Å². The highest BCUT2D eigenvalue weighted by Gasteiger charge is 2.76. The first-order valence-electron chi connectivity index (χ1n) is 12.3. The summed E-state index contributed by atoms with van der Waals surface area (Å²) in [5.41, 5.74) is 1.51. The van der Waals surface area contributed by atoms with Crippen LogP contribution in [-0.2, 0) is 21.1 Å². The molecule has 36 heavy (non-hydrogen) atoms. The van der Waals surface area contributed by atoms with Gasteiger partial charge in [-0.2, -0.15) is 0 Å². The fourth-order valence-electron chi connectivity index (χ4n) is 6.33. The minimum absolute atomic E-state index is 0.000958. The van der Waals surface area contributed by atoms with Crippen molar-refractivity contribution in [2.75, 3.05) is 13.7 Å². The van der Waals surface area contributed by atoms with Crippen molar-refractivity contribution in [3.05, 3.63) is 24.3 Å². The van der Waals surface area contributed by atoms with Gasteiger partial charge in [0.2, 0.25) is 17.7 Å². The van der Waals surface area contributed by atoms with Gasteiger partial charge in [0.05, 0.1) is 34.7 Å². The van der Waals surface area contributed by atoms with E-state index in [0.29, 0.717) is 12.8 Å². The number of carbonyl (C=O) groups is 3. The average Bonchev–Trinajstić information content (AvgIpc) is 3.57. The van der Waals surface area contributed by atoms with E-state index in [2.05, 4.69) is 36.9 Å². The summed E-state index contributed by atoms with van der Waals surface area (Å²) in [6.45, 7) is 3.89. The molecule has 2 aromatic rings. The Balaban J connectivity index is 1.50. The Bertz CT molecular complexity index is 1190. The number of alkyl halides is 1. The van der Waals surface area contributed by atoms with Crippen molar-refractivity contribution in [2.45, 2.75) is 60.3 Å². The van der Waals surface area contributed by atoms with Crippen LogP contribution in [0.4, 0.5) is 0 Å². The third kappa shape index (κ3) is 3.83. The number of aliphatic hydroxyl groups excluding tert-OH is 1. The second-order valence-corrected chi connectivity index (χ2v) is 13.0. The SMILES string of the molecule is CNC(=O)[C@H]1[C@H]2C(=O)N([C@@H](CO)CC(C)C)C(C(=O)NCn3nnc4ccccc43)C23CC(Br)[C@@H]1S3. The second-order valence-electron chi connectivity index (χ2n) is 10.3. The number of halogens is 1. The molecule has 1 aromatic carbocycles. The van der Waals surface area contributed by atoms with Gasteiger partial charge < -0.3 is 20.6 Å². The van der Waals surface area contributed by atoms with E-state index < -0.39 is 28.7 Å². The largest absolute Gasteiger partial charge is 0.394 e. The van der Waals surface area contributed by atoms with Crippen LogP contribution in [0.25, 0.3) is 11.0 Å². The van der Waals surface area contributed by atoms with Gasteiger partial charge in [0, 0.05) is 17.1 Å². The third-order valence-corrected chi connectivity index (χ3v) is 10.9. The molecule has 0 radical (unpaired) electrons. The van der Waals surface area contributed by atoms with Gasteiger partial charge in [-0.15, -0.1) is 16.9 Å². The number of aliphatic hydroxyl groups is 1. The van der Waals surface area contributed by atoms with E-state index in [9.17, 15) is 19.5 Å². The first kappa shape index (κ1) is 25.5. The molecule has 3 saturated heterocycles. The van der Waals surface area contributed by atoms with Crippen molar-refractivity contribution in [3.63, 3.8) is 0 Å². The van der Waals surface area contributed by atoms with Crippen molar-refractivity contribution < 1.29 is 19.5 Å². The summed E-state index contributed by atoms with van der Waals surface area (Å²) >= 11 is 5.32. The number of thioether (sulfide) groups is 1. The normalized spacial score (nSPS) is 31.8. The number of para-hydroxylation sites is 1. The number of amides is 3. The molecule has 3 amide bonds. The Labute approximate surface area is 222 Å². The number of benzene rings is 1. The number of rotatable bonds is 8. The highest BCUT2D eigenvalue weighted by Crippen LogP contribution is 2.68. The molecule has 0 saturated carbocycles. The monoisotopic (exact) mass is 578 g/mol. The van der Waals surface area contributed by atoms with Gasteiger partial charge in [0.25, 0.3) is 0 Å². The number of nitrogens with zero attached hydrogens (tertiary/aromatic N) is 4. The second kappa shape index (κ2) is 9.60. The Morgan fingerprint density at radius 3 is 2.75 bits per heavy atom. The number of aromatic nitrogens is 3. The van der Waals surface area contributed by atoms with Gasteiger partial charge in [-0.3, -0.25) is 14.4 Å². The number of likely N-dealkylation sites (tertiary alicyclic amines) is 1. The molecule has 3 unspecified atom stereocenters. The molecule has 7 atom stereocenters. The van der Waals surface area contributed by atoms with Gasteiger partial charge in [-0.25, -0.2) is 4.68 Å². The summed E-state index contributed by atoms with van der Waals surface area (Å²) in [6, 6.07) is 6.15. The van der Waals surface area contributed by atoms with E-state index >= 15 is 0 Å². The maximum atomic E-state index is 14.0. The Kier molecular flexibility index (Phi) is 6.80. The zero-order valence-electron chi connectivity index (χ0n) is 20.4.